The molecule has 2 N–H and O–H groups in total. The summed E-state index contributed by atoms with van der Waals surface area (Å²) in [5, 5.41) is 4.28. The fourth-order valence-electron chi connectivity index (χ4n) is 3.28. The summed E-state index contributed by atoms with van der Waals surface area (Å²) in [6.45, 7) is 4.44. The van der Waals surface area contributed by atoms with Crippen molar-refractivity contribution in [3.05, 3.63) is 91.6 Å². The summed E-state index contributed by atoms with van der Waals surface area (Å²) in [5.41, 5.74) is 6.76. The van der Waals surface area contributed by atoms with Gasteiger partial charge in [-0.1, -0.05) is 59.7 Å². The normalized spacial score (nSPS) is 11.4. The van der Waals surface area contributed by atoms with E-state index in [0.717, 1.165) is 16.7 Å². The lowest BCUT2D eigenvalue weighted by Crippen LogP contribution is -2.29. The van der Waals surface area contributed by atoms with Crippen molar-refractivity contribution in [3.63, 3.8) is 0 Å². The van der Waals surface area contributed by atoms with Gasteiger partial charge in [0.2, 0.25) is 5.95 Å². The van der Waals surface area contributed by atoms with Gasteiger partial charge in [-0.15, -0.1) is 0 Å². The molecule has 0 saturated heterocycles. The maximum absolute atomic E-state index is 12.6. The smallest absolute Gasteiger partial charge is 0.298 e. The van der Waals surface area contributed by atoms with Crippen molar-refractivity contribution >= 4 is 23.3 Å². The highest BCUT2D eigenvalue weighted by Crippen LogP contribution is 2.18. The average Bonchev–Trinajstić information content (AvgIpc) is 3.07. The van der Waals surface area contributed by atoms with Crippen molar-refractivity contribution in [3.8, 4) is 0 Å². The molecule has 0 spiro atoms. The molecule has 152 valence electrons. The number of nitrogens with zero attached hydrogens (tertiary/aromatic N) is 4. The van der Waals surface area contributed by atoms with Crippen LogP contribution in [0.15, 0.2) is 63.2 Å². The first-order valence-corrected chi connectivity index (χ1v) is 9.53. The van der Waals surface area contributed by atoms with E-state index in [1.165, 1.54) is 10.1 Å². The topological polar surface area (TPSA) is 97.1 Å². The van der Waals surface area contributed by atoms with E-state index >= 15 is 0 Å². The molecule has 0 radical (unpaired) electrons. The zero-order valence-corrected chi connectivity index (χ0v) is 17.0. The molecule has 2 aromatic carbocycles. The molecule has 0 atom stereocenters. The van der Waals surface area contributed by atoms with E-state index < -0.39 is 11.2 Å². The van der Waals surface area contributed by atoms with E-state index in [1.807, 2.05) is 62.4 Å². The van der Waals surface area contributed by atoms with Gasteiger partial charge in [-0.05, 0) is 25.0 Å². The Morgan fingerprint density at radius 2 is 1.87 bits per heavy atom. The van der Waals surface area contributed by atoms with Gasteiger partial charge < -0.3 is 0 Å². The van der Waals surface area contributed by atoms with E-state index in [0.29, 0.717) is 23.7 Å². The van der Waals surface area contributed by atoms with Gasteiger partial charge in [0, 0.05) is 7.05 Å². The Hall–Kier alpha value is -3.94. The zero-order valence-electron chi connectivity index (χ0n) is 17.0. The van der Waals surface area contributed by atoms with Crippen LogP contribution in [0.4, 0.5) is 5.95 Å². The van der Waals surface area contributed by atoms with Crippen LogP contribution in [0.25, 0.3) is 11.2 Å². The Balaban J connectivity index is 1.78. The molecular weight excluding hydrogens is 380 g/mol. The summed E-state index contributed by atoms with van der Waals surface area (Å²) in [4.78, 5) is 31.4. The first-order chi connectivity index (χ1) is 14.4. The molecule has 0 unspecified atom stereocenters. The van der Waals surface area contributed by atoms with Crippen LogP contribution >= 0.6 is 0 Å². The van der Waals surface area contributed by atoms with E-state index in [-0.39, 0.29) is 0 Å². The van der Waals surface area contributed by atoms with Crippen LogP contribution in [0.2, 0.25) is 0 Å². The van der Waals surface area contributed by atoms with Gasteiger partial charge >= 0.3 is 5.69 Å². The van der Waals surface area contributed by atoms with Crippen LogP contribution in [-0.4, -0.2) is 25.3 Å². The predicted octanol–water partition coefficient (Wildman–Crippen LogP) is 2.53. The number of rotatable bonds is 5. The molecule has 8 nitrogen and oxygen atoms in total. The number of fused-ring (bicyclic) bond motifs is 1. The van der Waals surface area contributed by atoms with Crippen LogP contribution in [0.5, 0.6) is 0 Å². The Bertz CT molecular complexity index is 1360. The highest BCUT2D eigenvalue weighted by molar-refractivity contribution is 5.80. The number of hydrogen-bond acceptors (Lipinski definition) is 5. The molecule has 0 aliphatic carbocycles. The molecule has 0 fully saturated rings. The maximum atomic E-state index is 12.6. The van der Waals surface area contributed by atoms with Crippen molar-refractivity contribution in [2.24, 2.45) is 12.1 Å². The first-order valence-electron chi connectivity index (χ1n) is 9.53. The molecule has 30 heavy (non-hydrogen) atoms. The maximum Gasteiger partial charge on any atom is 0.329 e. The summed E-state index contributed by atoms with van der Waals surface area (Å²) >= 11 is 0. The molecule has 4 rings (SSSR count). The van der Waals surface area contributed by atoms with Crippen LogP contribution in [0.1, 0.15) is 22.3 Å². The molecule has 4 aromatic rings. The number of benzene rings is 2. The van der Waals surface area contributed by atoms with Crippen LogP contribution in [-0.2, 0) is 13.6 Å². The quantitative estimate of drug-likeness (QED) is 0.396. The van der Waals surface area contributed by atoms with Crippen molar-refractivity contribution in [1.82, 2.24) is 19.1 Å². The second-order valence-corrected chi connectivity index (χ2v) is 7.28. The Morgan fingerprint density at radius 3 is 2.60 bits per heavy atom. The lowest BCUT2D eigenvalue weighted by Gasteiger charge is -2.09. The second-order valence-electron chi connectivity index (χ2n) is 7.28. The van der Waals surface area contributed by atoms with Gasteiger partial charge in [-0.3, -0.25) is 18.9 Å². The van der Waals surface area contributed by atoms with Gasteiger partial charge in [0.25, 0.3) is 5.56 Å². The highest BCUT2D eigenvalue weighted by atomic mass is 16.2. The van der Waals surface area contributed by atoms with Crippen LogP contribution in [0.3, 0.4) is 0 Å². The molecule has 2 aromatic heterocycles. The third-order valence-corrected chi connectivity index (χ3v) is 4.89. The molecule has 8 heteroatoms. The number of hydrogen-bond donors (Lipinski definition) is 2. The van der Waals surface area contributed by atoms with Crippen molar-refractivity contribution in [1.29, 1.82) is 0 Å². The lowest BCUT2D eigenvalue weighted by atomic mass is 10.1. The Morgan fingerprint density at radius 1 is 1.10 bits per heavy atom. The Kier molecular flexibility index (Phi) is 5.05. The minimum absolute atomic E-state index is 0.296. The lowest BCUT2D eigenvalue weighted by molar-refractivity contribution is 0.808. The minimum atomic E-state index is -0.512. The van der Waals surface area contributed by atoms with Gasteiger partial charge in [0.05, 0.1) is 12.8 Å². The Labute approximate surface area is 172 Å². The molecule has 0 saturated carbocycles. The highest BCUT2D eigenvalue weighted by Gasteiger charge is 2.17. The summed E-state index contributed by atoms with van der Waals surface area (Å²) < 4.78 is 3.05. The van der Waals surface area contributed by atoms with Crippen LogP contribution in [0, 0.1) is 13.8 Å². The molecular formula is C22H22N6O2. The largest absolute Gasteiger partial charge is 0.329 e. The molecule has 0 amide bonds. The minimum Gasteiger partial charge on any atom is -0.298 e. The summed E-state index contributed by atoms with van der Waals surface area (Å²) in [7, 11) is 1.57. The van der Waals surface area contributed by atoms with E-state index in [1.54, 1.807) is 17.8 Å². The zero-order chi connectivity index (χ0) is 21.3. The van der Waals surface area contributed by atoms with Gasteiger partial charge in [-0.25, -0.2) is 10.2 Å². The number of hydrazone groups is 1. The standard InChI is InChI=1S/C22H22N6O2/c1-14-7-9-16(10-8-14)12-23-26-21-24-19-18(20(29)25-22(30)27(19)3)28(21)13-17-6-4-5-15(2)11-17/h4-12H,13H2,1-3H3,(H,24,26)(H,25,29,30). The first kappa shape index (κ1) is 19.4. The predicted molar refractivity (Wildman–Crippen MR) is 118 cm³/mol. The number of H-pyrrole nitrogens is 1. The third-order valence-electron chi connectivity index (χ3n) is 4.89. The summed E-state index contributed by atoms with van der Waals surface area (Å²) in [6.07, 6.45) is 1.68. The third kappa shape index (κ3) is 3.80. The molecule has 0 bridgehead atoms. The van der Waals surface area contributed by atoms with Crippen LogP contribution < -0.4 is 16.7 Å². The van der Waals surface area contributed by atoms with E-state index in [4.69, 9.17) is 0 Å². The number of nitrogens with one attached hydrogen (secondary N) is 2. The summed E-state index contributed by atoms with van der Waals surface area (Å²) in [5.74, 6) is 0.376. The monoisotopic (exact) mass is 402 g/mol. The SMILES string of the molecule is Cc1ccc(C=NNc2nc3c(c(=O)[nH]c(=O)n3C)n2Cc2cccc(C)c2)cc1. The van der Waals surface area contributed by atoms with Crippen molar-refractivity contribution in [2.75, 3.05) is 5.43 Å². The number of aromatic nitrogens is 4. The number of aromatic amines is 1. The van der Waals surface area contributed by atoms with Crippen molar-refractivity contribution in [2.45, 2.75) is 20.4 Å². The van der Waals surface area contributed by atoms with E-state index in [2.05, 4.69) is 20.5 Å². The second kappa shape index (κ2) is 7.82. The van der Waals surface area contributed by atoms with Crippen molar-refractivity contribution < 1.29 is 0 Å². The fraction of sp³-hybridized carbons (Fsp3) is 0.182. The van der Waals surface area contributed by atoms with Gasteiger partial charge in [0.15, 0.2) is 11.2 Å². The number of aryl methyl sites for hydroxylation is 3. The fourth-order valence-corrected chi connectivity index (χ4v) is 3.28. The summed E-state index contributed by atoms with van der Waals surface area (Å²) in [6, 6.07) is 15.9. The number of anilines is 1. The molecule has 0 aliphatic rings. The molecule has 2 heterocycles. The van der Waals surface area contributed by atoms with Gasteiger partial charge in [0.1, 0.15) is 0 Å². The van der Waals surface area contributed by atoms with Gasteiger partial charge in [-0.2, -0.15) is 10.1 Å². The molecule has 0 aliphatic heterocycles. The average molecular weight is 402 g/mol. The number of imidazole rings is 1. The van der Waals surface area contributed by atoms with E-state index in [9.17, 15) is 9.59 Å².